The molecule has 1 aliphatic rings. The van der Waals surface area contributed by atoms with Gasteiger partial charge < -0.3 is 5.73 Å². The first-order valence-corrected chi connectivity index (χ1v) is 7.80. The number of fused-ring (bicyclic) bond motifs is 1. The molecule has 2 heteroatoms. The second kappa shape index (κ2) is 5.33. The van der Waals surface area contributed by atoms with E-state index in [1.165, 1.54) is 34.3 Å². The maximum absolute atomic E-state index is 6.39. The number of benzene rings is 2. The summed E-state index contributed by atoms with van der Waals surface area (Å²) < 4.78 is 0. The molecule has 1 heterocycles. The Bertz CT molecular complexity index is 526. The van der Waals surface area contributed by atoms with Crippen LogP contribution < -0.4 is 5.73 Å². The Morgan fingerprint density at radius 2 is 2.00 bits per heavy atom. The monoisotopic (exact) mass is 257 g/mol. The Balaban J connectivity index is 1.85. The molecule has 2 atom stereocenters. The van der Waals surface area contributed by atoms with Crippen LogP contribution in [-0.2, 0) is 6.42 Å². The Hall–Kier alpha value is -0.990. The van der Waals surface area contributed by atoms with E-state index in [4.69, 9.17) is 5.73 Å². The summed E-state index contributed by atoms with van der Waals surface area (Å²) >= 11 is 2.04. The molecular weight excluding hydrogens is 238 g/mol. The minimum absolute atomic E-state index is 0.311. The van der Waals surface area contributed by atoms with Gasteiger partial charge in [0.1, 0.15) is 0 Å². The van der Waals surface area contributed by atoms with Gasteiger partial charge in [0.25, 0.3) is 0 Å². The smallest absolute Gasteiger partial charge is 0.0116 e. The van der Waals surface area contributed by atoms with E-state index in [-0.39, 0.29) is 0 Å². The highest BCUT2D eigenvalue weighted by Gasteiger charge is 2.22. The third kappa shape index (κ3) is 2.40. The van der Waals surface area contributed by atoms with Gasteiger partial charge in [-0.25, -0.2) is 0 Å². The highest BCUT2D eigenvalue weighted by Crippen LogP contribution is 2.28. The van der Waals surface area contributed by atoms with E-state index in [2.05, 4.69) is 42.5 Å². The van der Waals surface area contributed by atoms with Gasteiger partial charge in [-0.05, 0) is 46.6 Å². The summed E-state index contributed by atoms with van der Waals surface area (Å²) in [6, 6.07) is 15.5. The van der Waals surface area contributed by atoms with E-state index in [1.54, 1.807) is 0 Å². The normalized spacial score (nSPS) is 21.3. The summed E-state index contributed by atoms with van der Waals surface area (Å²) in [4.78, 5) is 0. The number of hydrogen-bond acceptors (Lipinski definition) is 2. The molecule has 18 heavy (non-hydrogen) atoms. The standard InChI is InChI=1S/C16H19NS/c17-16(14-8-9-18-11-14)10-13-6-3-5-12-4-1-2-7-15(12)13/h1-7,14,16H,8-11,17H2. The molecule has 1 saturated heterocycles. The minimum Gasteiger partial charge on any atom is -0.327 e. The van der Waals surface area contributed by atoms with Crippen LogP contribution in [0.3, 0.4) is 0 Å². The largest absolute Gasteiger partial charge is 0.327 e. The van der Waals surface area contributed by atoms with Crippen LogP contribution in [0, 0.1) is 5.92 Å². The van der Waals surface area contributed by atoms with E-state index >= 15 is 0 Å². The van der Waals surface area contributed by atoms with Crippen molar-refractivity contribution < 1.29 is 0 Å². The lowest BCUT2D eigenvalue weighted by molar-refractivity contribution is 0.463. The molecule has 0 aliphatic carbocycles. The fourth-order valence-corrected chi connectivity index (χ4v) is 4.13. The first-order valence-electron chi connectivity index (χ1n) is 6.64. The van der Waals surface area contributed by atoms with Gasteiger partial charge in [0.05, 0.1) is 0 Å². The molecule has 0 amide bonds. The molecule has 94 valence electrons. The van der Waals surface area contributed by atoms with Gasteiger partial charge in [-0.2, -0.15) is 11.8 Å². The summed E-state index contributed by atoms with van der Waals surface area (Å²) in [5.41, 5.74) is 7.79. The Kier molecular flexibility index (Phi) is 3.57. The molecule has 3 rings (SSSR count). The molecule has 2 N–H and O–H groups in total. The van der Waals surface area contributed by atoms with Crippen LogP contribution in [0.2, 0.25) is 0 Å². The Morgan fingerprint density at radius 3 is 2.83 bits per heavy atom. The molecule has 1 fully saturated rings. The summed E-state index contributed by atoms with van der Waals surface area (Å²) in [6.45, 7) is 0. The average molecular weight is 257 g/mol. The predicted octanol–water partition coefficient (Wildman–Crippen LogP) is 3.46. The summed E-state index contributed by atoms with van der Waals surface area (Å²) in [5, 5.41) is 2.68. The van der Waals surface area contributed by atoms with E-state index in [1.807, 2.05) is 11.8 Å². The van der Waals surface area contributed by atoms with Crippen LogP contribution in [0.1, 0.15) is 12.0 Å². The highest BCUT2D eigenvalue weighted by atomic mass is 32.2. The van der Waals surface area contributed by atoms with Gasteiger partial charge in [0.15, 0.2) is 0 Å². The zero-order valence-corrected chi connectivity index (χ0v) is 11.3. The highest BCUT2D eigenvalue weighted by molar-refractivity contribution is 7.99. The summed E-state index contributed by atoms with van der Waals surface area (Å²) in [7, 11) is 0. The van der Waals surface area contributed by atoms with Crippen LogP contribution in [0.5, 0.6) is 0 Å². The van der Waals surface area contributed by atoms with Gasteiger partial charge in [-0.1, -0.05) is 42.5 Å². The molecule has 2 unspecified atom stereocenters. The molecule has 1 aliphatic heterocycles. The van der Waals surface area contributed by atoms with Crippen LogP contribution >= 0.6 is 11.8 Å². The van der Waals surface area contributed by atoms with E-state index in [9.17, 15) is 0 Å². The fraction of sp³-hybridized carbons (Fsp3) is 0.375. The van der Waals surface area contributed by atoms with E-state index in [0.717, 1.165) is 6.42 Å². The van der Waals surface area contributed by atoms with Gasteiger partial charge in [-0.3, -0.25) is 0 Å². The fourth-order valence-electron chi connectivity index (χ4n) is 2.78. The third-order valence-corrected chi connectivity index (χ3v) is 5.09. The lowest BCUT2D eigenvalue weighted by Crippen LogP contribution is -2.32. The third-order valence-electron chi connectivity index (χ3n) is 3.91. The number of hydrogen-bond donors (Lipinski definition) is 1. The molecule has 0 spiro atoms. The van der Waals surface area contributed by atoms with Crippen molar-refractivity contribution in [1.29, 1.82) is 0 Å². The summed E-state index contributed by atoms with van der Waals surface area (Å²) in [5.74, 6) is 3.23. The number of nitrogens with two attached hydrogens (primary N) is 1. The topological polar surface area (TPSA) is 26.0 Å². The van der Waals surface area contributed by atoms with Crippen molar-refractivity contribution in [2.45, 2.75) is 18.9 Å². The van der Waals surface area contributed by atoms with Crippen LogP contribution in [-0.4, -0.2) is 17.5 Å². The van der Waals surface area contributed by atoms with Crippen molar-refractivity contribution >= 4 is 22.5 Å². The lowest BCUT2D eigenvalue weighted by atomic mass is 9.91. The Labute approximate surface area is 113 Å². The lowest BCUT2D eigenvalue weighted by Gasteiger charge is -2.19. The van der Waals surface area contributed by atoms with E-state index in [0.29, 0.717) is 12.0 Å². The molecule has 2 aromatic carbocycles. The Morgan fingerprint density at radius 1 is 1.17 bits per heavy atom. The first-order chi connectivity index (χ1) is 8.84. The van der Waals surface area contributed by atoms with Gasteiger partial charge in [-0.15, -0.1) is 0 Å². The number of thioether (sulfide) groups is 1. The zero-order chi connectivity index (χ0) is 12.4. The molecular formula is C16H19NS. The SMILES string of the molecule is NC(Cc1cccc2ccccc12)C1CCSC1. The van der Waals surface area contributed by atoms with Crippen molar-refractivity contribution in [2.24, 2.45) is 11.7 Å². The van der Waals surface area contributed by atoms with Crippen LogP contribution in [0.25, 0.3) is 10.8 Å². The predicted molar refractivity (Wildman–Crippen MR) is 81.1 cm³/mol. The van der Waals surface area contributed by atoms with Gasteiger partial charge in [0, 0.05) is 6.04 Å². The van der Waals surface area contributed by atoms with E-state index < -0.39 is 0 Å². The van der Waals surface area contributed by atoms with Crippen LogP contribution in [0.15, 0.2) is 42.5 Å². The molecule has 0 radical (unpaired) electrons. The van der Waals surface area contributed by atoms with Crippen molar-refractivity contribution in [2.75, 3.05) is 11.5 Å². The molecule has 2 aromatic rings. The van der Waals surface area contributed by atoms with Gasteiger partial charge >= 0.3 is 0 Å². The second-order valence-electron chi connectivity index (χ2n) is 5.13. The van der Waals surface area contributed by atoms with Gasteiger partial charge in [0.2, 0.25) is 0 Å². The zero-order valence-electron chi connectivity index (χ0n) is 10.5. The molecule has 0 saturated carbocycles. The second-order valence-corrected chi connectivity index (χ2v) is 6.28. The average Bonchev–Trinajstić information content (AvgIpc) is 2.93. The maximum Gasteiger partial charge on any atom is 0.0116 e. The van der Waals surface area contributed by atoms with Crippen molar-refractivity contribution in [3.8, 4) is 0 Å². The van der Waals surface area contributed by atoms with Crippen molar-refractivity contribution in [1.82, 2.24) is 0 Å². The first kappa shape index (κ1) is 12.1. The quantitative estimate of drug-likeness (QED) is 0.911. The number of rotatable bonds is 3. The maximum atomic E-state index is 6.39. The molecule has 0 bridgehead atoms. The molecule has 0 aromatic heterocycles. The minimum atomic E-state index is 0.311. The summed E-state index contributed by atoms with van der Waals surface area (Å²) in [6.07, 6.45) is 2.29. The van der Waals surface area contributed by atoms with Crippen LogP contribution in [0.4, 0.5) is 0 Å². The molecule has 1 nitrogen and oxygen atoms in total. The van der Waals surface area contributed by atoms with Crippen molar-refractivity contribution in [3.05, 3.63) is 48.0 Å². The van der Waals surface area contributed by atoms with Crippen molar-refractivity contribution in [3.63, 3.8) is 0 Å².